The summed E-state index contributed by atoms with van der Waals surface area (Å²) in [4.78, 5) is 30.0. The minimum atomic E-state index is -0.940. The van der Waals surface area contributed by atoms with Gasteiger partial charge in [0.25, 0.3) is 0 Å². The maximum absolute atomic E-state index is 12.3. The SMILES string of the molecule is CN(c1ccc(C(=O)O)cc1)c1nc(-c2ccc(NC(=O)CCCC3CCCCC3)cc2)cs1. The van der Waals surface area contributed by atoms with Crippen molar-refractivity contribution in [2.75, 3.05) is 17.3 Å². The summed E-state index contributed by atoms with van der Waals surface area (Å²) in [6, 6.07) is 14.5. The number of hydrogen-bond acceptors (Lipinski definition) is 5. The van der Waals surface area contributed by atoms with Crippen LogP contribution in [0.4, 0.5) is 16.5 Å². The van der Waals surface area contributed by atoms with Crippen LogP contribution >= 0.6 is 11.3 Å². The van der Waals surface area contributed by atoms with Crippen LogP contribution in [0.25, 0.3) is 11.3 Å². The maximum atomic E-state index is 12.3. The number of carboxylic acids is 1. The van der Waals surface area contributed by atoms with Crippen molar-refractivity contribution in [2.45, 2.75) is 51.4 Å². The normalized spacial score (nSPS) is 14.0. The zero-order chi connectivity index (χ0) is 23.9. The molecule has 1 amide bonds. The van der Waals surface area contributed by atoms with E-state index in [1.165, 1.54) is 43.4 Å². The Kier molecular flexibility index (Phi) is 7.95. The molecule has 0 aliphatic heterocycles. The van der Waals surface area contributed by atoms with Gasteiger partial charge in [0.05, 0.1) is 11.3 Å². The van der Waals surface area contributed by atoms with Crippen LogP contribution in [-0.2, 0) is 4.79 Å². The molecule has 1 aromatic heterocycles. The smallest absolute Gasteiger partial charge is 0.335 e. The van der Waals surface area contributed by atoms with Gasteiger partial charge in [-0.3, -0.25) is 4.79 Å². The fourth-order valence-corrected chi connectivity index (χ4v) is 5.28. The van der Waals surface area contributed by atoms with Crippen LogP contribution < -0.4 is 10.2 Å². The minimum absolute atomic E-state index is 0.0787. The molecular weight excluding hydrogens is 446 g/mol. The van der Waals surface area contributed by atoms with Crippen LogP contribution in [0.15, 0.2) is 53.9 Å². The molecule has 0 unspecified atom stereocenters. The molecule has 1 heterocycles. The zero-order valence-electron chi connectivity index (χ0n) is 19.5. The Balaban J connectivity index is 1.30. The van der Waals surface area contributed by atoms with Crippen LogP contribution in [0, 0.1) is 5.92 Å². The molecule has 2 aromatic carbocycles. The second-order valence-corrected chi connectivity index (χ2v) is 9.78. The lowest BCUT2D eigenvalue weighted by Crippen LogP contribution is -2.12. The largest absolute Gasteiger partial charge is 0.478 e. The van der Waals surface area contributed by atoms with Gasteiger partial charge < -0.3 is 15.3 Å². The highest BCUT2D eigenvalue weighted by Crippen LogP contribution is 2.32. The summed E-state index contributed by atoms with van der Waals surface area (Å²) >= 11 is 1.52. The number of carbonyl (C=O) groups excluding carboxylic acids is 1. The summed E-state index contributed by atoms with van der Waals surface area (Å²) in [6.45, 7) is 0. The minimum Gasteiger partial charge on any atom is -0.478 e. The first-order chi connectivity index (χ1) is 16.5. The first-order valence-electron chi connectivity index (χ1n) is 11.9. The van der Waals surface area contributed by atoms with E-state index in [1.807, 2.05) is 41.6 Å². The number of aromatic nitrogens is 1. The third-order valence-electron chi connectivity index (χ3n) is 6.49. The molecule has 3 aromatic rings. The number of aromatic carboxylic acids is 1. The summed E-state index contributed by atoms with van der Waals surface area (Å²) in [5.41, 5.74) is 3.77. The number of thiazole rings is 1. The second-order valence-electron chi connectivity index (χ2n) is 8.95. The molecule has 0 saturated heterocycles. The molecule has 1 saturated carbocycles. The number of amides is 1. The van der Waals surface area contributed by atoms with Crippen molar-refractivity contribution < 1.29 is 14.7 Å². The molecule has 1 fully saturated rings. The first kappa shape index (κ1) is 24.0. The molecule has 2 N–H and O–H groups in total. The van der Waals surface area contributed by atoms with E-state index in [4.69, 9.17) is 10.1 Å². The van der Waals surface area contributed by atoms with Crippen molar-refractivity contribution in [1.29, 1.82) is 0 Å². The lowest BCUT2D eigenvalue weighted by molar-refractivity contribution is -0.116. The highest BCUT2D eigenvalue weighted by atomic mass is 32.1. The van der Waals surface area contributed by atoms with Gasteiger partial charge in [0, 0.05) is 35.8 Å². The van der Waals surface area contributed by atoms with E-state index in [0.29, 0.717) is 6.42 Å². The standard InChI is InChI=1S/C27H31N3O3S/c1-30(23-16-12-21(13-17-23)26(32)33)27-29-24(18-34-27)20-10-14-22(15-11-20)28-25(31)9-5-8-19-6-3-2-4-7-19/h10-19H,2-9H2,1H3,(H,28,31)(H,32,33). The number of carboxylic acid groups (broad SMARTS) is 1. The van der Waals surface area contributed by atoms with E-state index in [0.717, 1.165) is 46.5 Å². The monoisotopic (exact) mass is 477 g/mol. The Bertz CT molecular complexity index is 1100. The number of rotatable bonds is 9. The molecule has 4 rings (SSSR count). The van der Waals surface area contributed by atoms with Gasteiger partial charge >= 0.3 is 5.97 Å². The second kappa shape index (κ2) is 11.3. The molecule has 1 aliphatic rings. The maximum Gasteiger partial charge on any atom is 0.335 e. The van der Waals surface area contributed by atoms with Crippen molar-refractivity contribution >= 4 is 39.7 Å². The van der Waals surface area contributed by atoms with Gasteiger partial charge in [0.2, 0.25) is 5.91 Å². The van der Waals surface area contributed by atoms with Crippen molar-refractivity contribution in [3.8, 4) is 11.3 Å². The van der Waals surface area contributed by atoms with Gasteiger partial charge in [-0.25, -0.2) is 9.78 Å². The van der Waals surface area contributed by atoms with Crippen LogP contribution in [0.2, 0.25) is 0 Å². The highest BCUT2D eigenvalue weighted by Gasteiger charge is 2.14. The molecule has 178 valence electrons. The molecule has 0 bridgehead atoms. The predicted octanol–water partition coefficient (Wildman–Crippen LogP) is 6.97. The fourth-order valence-electron chi connectivity index (χ4n) is 4.46. The Morgan fingerprint density at radius 3 is 2.44 bits per heavy atom. The fraction of sp³-hybridized carbons (Fsp3) is 0.370. The quantitative estimate of drug-likeness (QED) is 0.348. The number of benzene rings is 2. The lowest BCUT2D eigenvalue weighted by atomic mass is 9.86. The molecule has 34 heavy (non-hydrogen) atoms. The van der Waals surface area contributed by atoms with E-state index < -0.39 is 5.97 Å². The van der Waals surface area contributed by atoms with Crippen LogP contribution in [0.3, 0.4) is 0 Å². The third kappa shape index (κ3) is 6.23. The summed E-state index contributed by atoms with van der Waals surface area (Å²) in [5.74, 6) is -0.0492. The van der Waals surface area contributed by atoms with Crippen LogP contribution in [-0.4, -0.2) is 29.0 Å². The van der Waals surface area contributed by atoms with Crippen LogP contribution in [0.1, 0.15) is 61.7 Å². The van der Waals surface area contributed by atoms with Gasteiger partial charge in [-0.15, -0.1) is 11.3 Å². The molecule has 0 radical (unpaired) electrons. The van der Waals surface area contributed by atoms with Crippen molar-refractivity contribution in [3.63, 3.8) is 0 Å². The molecule has 7 heteroatoms. The Morgan fingerprint density at radius 2 is 1.76 bits per heavy atom. The average Bonchev–Trinajstić information content (AvgIpc) is 3.35. The van der Waals surface area contributed by atoms with E-state index in [1.54, 1.807) is 24.3 Å². The van der Waals surface area contributed by atoms with Crippen molar-refractivity contribution in [1.82, 2.24) is 4.98 Å². The molecule has 0 atom stereocenters. The zero-order valence-corrected chi connectivity index (χ0v) is 20.3. The third-order valence-corrected chi connectivity index (χ3v) is 7.40. The van der Waals surface area contributed by atoms with Gasteiger partial charge in [0.1, 0.15) is 0 Å². The van der Waals surface area contributed by atoms with E-state index >= 15 is 0 Å². The molecule has 1 aliphatic carbocycles. The molecule has 0 spiro atoms. The first-order valence-corrected chi connectivity index (χ1v) is 12.8. The van der Waals surface area contributed by atoms with Crippen molar-refractivity contribution in [2.24, 2.45) is 5.92 Å². The average molecular weight is 478 g/mol. The van der Waals surface area contributed by atoms with E-state index in [2.05, 4.69) is 5.32 Å². The van der Waals surface area contributed by atoms with Gasteiger partial charge in [0.15, 0.2) is 5.13 Å². The van der Waals surface area contributed by atoms with E-state index in [9.17, 15) is 9.59 Å². The summed E-state index contributed by atoms with van der Waals surface area (Å²) in [5, 5.41) is 14.9. The Labute approximate surface area is 204 Å². The Morgan fingerprint density at radius 1 is 1.06 bits per heavy atom. The Hall–Kier alpha value is -3.19. The van der Waals surface area contributed by atoms with Crippen LogP contribution in [0.5, 0.6) is 0 Å². The highest BCUT2D eigenvalue weighted by molar-refractivity contribution is 7.14. The number of nitrogens with one attached hydrogen (secondary N) is 1. The van der Waals surface area contributed by atoms with Gasteiger partial charge in [-0.05, 0) is 55.2 Å². The summed E-state index contributed by atoms with van der Waals surface area (Å²) in [7, 11) is 1.91. The summed E-state index contributed by atoms with van der Waals surface area (Å²) in [6.07, 6.45) is 9.42. The number of carbonyl (C=O) groups is 2. The molecule has 6 nitrogen and oxygen atoms in total. The summed E-state index contributed by atoms with van der Waals surface area (Å²) < 4.78 is 0. The van der Waals surface area contributed by atoms with Crippen molar-refractivity contribution in [3.05, 3.63) is 59.5 Å². The lowest BCUT2D eigenvalue weighted by Gasteiger charge is -2.21. The predicted molar refractivity (Wildman–Crippen MR) is 138 cm³/mol. The van der Waals surface area contributed by atoms with Gasteiger partial charge in [-0.2, -0.15) is 0 Å². The van der Waals surface area contributed by atoms with E-state index in [-0.39, 0.29) is 11.5 Å². The molecular formula is C27H31N3O3S. The number of hydrogen-bond donors (Lipinski definition) is 2. The van der Waals surface area contributed by atoms with Gasteiger partial charge in [-0.1, -0.05) is 44.2 Å². The topological polar surface area (TPSA) is 82.5 Å². The number of anilines is 3. The number of nitrogens with zero attached hydrogens (tertiary/aromatic N) is 2.